The number of ether oxygens (including phenoxy) is 6. The molecule has 2 heterocycles. The summed E-state index contributed by atoms with van der Waals surface area (Å²) in [5.41, 5.74) is 2.25. The Hall–Kier alpha value is -1.17. The third-order valence-corrected chi connectivity index (χ3v) is 5.73. The Bertz CT molecular complexity index is 676. The lowest BCUT2D eigenvalue weighted by Crippen LogP contribution is -2.27. The largest absolute Gasteiger partial charge is 0.481 e. The van der Waals surface area contributed by atoms with Gasteiger partial charge in [0.25, 0.3) is 0 Å². The first-order valence-electron chi connectivity index (χ1n) is 12.8. The molecule has 0 aliphatic carbocycles. The van der Waals surface area contributed by atoms with Gasteiger partial charge in [0.2, 0.25) is 0 Å². The van der Waals surface area contributed by atoms with Gasteiger partial charge in [0.05, 0.1) is 66.1 Å². The number of carboxylic acid groups (broad SMARTS) is 1. The number of carboxylic acids is 1. The summed E-state index contributed by atoms with van der Waals surface area (Å²) in [4.78, 5) is 12.6. The standard InChI is InChI=1S/C14H19Cl2NO2.C12H22O6/c15-8-10-17(11-9-16)13-6-4-12(5-7-13)2-1-3-14(18)19;1(13-3-5-15-7-11-9-17-11)2-14-4-6-16-8-12-10-18-12/h4-7H,1-3,8-11H2,(H,18,19);11-12H,1-10H2. The molecule has 2 aliphatic rings. The second-order valence-electron chi connectivity index (χ2n) is 8.56. The zero-order valence-electron chi connectivity index (χ0n) is 21.5. The van der Waals surface area contributed by atoms with Crippen LogP contribution in [0.15, 0.2) is 24.3 Å². The number of epoxide rings is 2. The van der Waals surface area contributed by atoms with Gasteiger partial charge in [-0.15, -0.1) is 23.2 Å². The summed E-state index contributed by atoms with van der Waals surface area (Å²) < 4.78 is 31.4. The molecule has 2 atom stereocenters. The summed E-state index contributed by atoms with van der Waals surface area (Å²) >= 11 is 11.5. The molecule has 11 heteroatoms. The summed E-state index contributed by atoms with van der Waals surface area (Å²) in [7, 11) is 0. The van der Waals surface area contributed by atoms with Crippen LogP contribution in [0, 0.1) is 0 Å². The lowest BCUT2D eigenvalue weighted by Gasteiger charge is -2.23. The summed E-state index contributed by atoms with van der Waals surface area (Å²) in [6.07, 6.45) is 2.33. The fourth-order valence-electron chi connectivity index (χ4n) is 3.21. The maximum Gasteiger partial charge on any atom is 0.303 e. The van der Waals surface area contributed by atoms with Crippen LogP contribution in [-0.4, -0.2) is 114 Å². The molecule has 1 N–H and O–H groups in total. The van der Waals surface area contributed by atoms with E-state index in [-0.39, 0.29) is 6.42 Å². The molecular weight excluding hydrogens is 525 g/mol. The van der Waals surface area contributed by atoms with Crippen molar-refractivity contribution in [1.82, 2.24) is 0 Å². The van der Waals surface area contributed by atoms with Gasteiger partial charge in [0.1, 0.15) is 12.2 Å². The Balaban J connectivity index is 0.000000260. The molecule has 0 spiro atoms. The zero-order valence-corrected chi connectivity index (χ0v) is 23.0. The van der Waals surface area contributed by atoms with Crippen LogP contribution in [0.2, 0.25) is 0 Å². The van der Waals surface area contributed by atoms with Crippen LogP contribution in [0.5, 0.6) is 0 Å². The molecule has 37 heavy (non-hydrogen) atoms. The van der Waals surface area contributed by atoms with E-state index in [1.54, 1.807) is 0 Å². The second kappa shape index (κ2) is 20.7. The molecule has 3 rings (SSSR count). The summed E-state index contributed by atoms with van der Waals surface area (Å²) in [6.45, 7) is 8.20. The maximum atomic E-state index is 10.4. The minimum atomic E-state index is -0.743. The lowest BCUT2D eigenvalue weighted by molar-refractivity contribution is -0.137. The molecule has 0 amide bonds. The number of anilines is 1. The molecule has 0 aromatic heterocycles. The predicted molar refractivity (Wildman–Crippen MR) is 143 cm³/mol. The third kappa shape index (κ3) is 17.9. The van der Waals surface area contributed by atoms with Gasteiger partial charge in [-0.1, -0.05) is 12.1 Å². The molecule has 1 aromatic carbocycles. The van der Waals surface area contributed by atoms with Crippen LogP contribution in [0.3, 0.4) is 0 Å². The van der Waals surface area contributed by atoms with E-state index in [1.165, 1.54) is 0 Å². The maximum absolute atomic E-state index is 10.4. The number of aliphatic carboxylic acids is 1. The highest BCUT2D eigenvalue weighted by Gasteiger charge is 2.22. The average molecular weight is 567 g/mol. The highest BCUT2D eigenvalue weighted by atomic mass is 35.5. The van der Waals surface area contributed by atoms with Crippen molar-refractivity contribution in [2.75, 3.05) is 95.8 Å². The number of rotatable bonds is 22. The van der Waals surface area contributed by atoms with Gasteiger partial charge in [-0.25, -0.2) is 0 Å². The summed E-state index contributed by atoms with van der Waals surface area (Å²) in [5, 5.41) is 8.59. The van der Waals surface area contributed by atoms with E-state index in [1.807, 2.05) is 24.3 Å². The van der Waals surface area contributed by atoms with Crippen molar-refractivity contribution in [3.63, 3.8) is 0 Å². The minimum Gasteiger partial charge on any atom is -0.481 e. The van der Waals surface area contributed by atoms with E-state index in [0.717, 1.165) is 44.0 Å². The van der Waals surface area contributed by atoms with E-state index in [9.17, 15) is 4.79 Å². The molecule has 2 fully saturated rings. The number of hydrogen-bond donors (Lipinski definition) is 1. The number of aryl methyl sites for hydroxylation is 1. The Morgan fingerprint density at radius 3 is 1.70 bits per heavy atom. The molecule has 212 valence electrons. The van der Waals surface area contributed by atoms with Crippen molar-refractivity contribution < 1.29 is 38.3 Å². The first-order chi connectivity index (χ1) is 18.1. The normalized spacial score (nSPS) is 17.7. The number of halogens is 2. The molecule has 9 nitrogen and oxygen atoms in total. The van der Waals surface area contributed by atoms with Crippen LogP contribution in [0.1, 0.15) is 18.4 Å². The molecule has 1 aromatic rings. The Labute approximate surface area is 230 Å². The van der Waals surface area contributed by atoms with Gasteiger partial charge < -0.3 is 38.4 Å². The molecule has 0 saturated carbocycles. The minimum absolute atomic E-state index is 0.215. The van der Waals surface area contributed by atoms with Gasteiger partial charge in [-0.3, -0.25) is 4.79 Å². The lowest BCUT2D eigenvalue weighted by atomic mass is 10.1. The topological polar surface area (TPSA) is 103 Å². The van der Waals surface area contributed by atoms with Crippen molar-refractivity contribution in [1.29, 1.82) is 0 Å². The van der Waals surface area contributed by atoms with E-state index >= 15 is 0 Å². The number of nitrogens with zero attached hydrogens (tertiary/aromatic N) is 1. The van der Waals surface area contributed by atoms with Crippen molar-refractivity contribution in [2.45, 2.75) is 31.5 Å². The van der Waals surface area contributed by atoms with Crippen molar-refractivity contribution in [3.05, 3.63) is 29.8 Å². The highest BCUT2D eigenvalue weighted by Crippen LogP contribution is 2.17. The fourth-order valence-corrected chi connectivity index (χ4v) is 3.62. The second-order valence-corrected chi connectivity index (χ2v) is 9.32. The molecule has 2 unspecified atom stereocenters. The quantitative estimate of drug-likeness (QED) is 0.129. The van der Waals surface area contributed by atoms with Crippen LogP contribution < -0.4 is 4.90 Å². The van der Waals surface area contributed by atoms with Crippen LogP contribution in [-0.2, 0) is 39.6 Å². The fraction of sp³-hybridized carbons (Fsp3) is 0.731. The van der Waals surface area contributed by atoms with Gasteiger partial charge in [-0.2, -0.15) is 0 Å². The zero-order chi connectivity index (χ0) is 26.6. The van der Waals surface area contributed by atoms with Crippen LogP contribution in [0.4, 0.5) is 5.69 Å². The molecule has 2 saturated heterocycles. The van der Waals surface area contributed by atoms with Gasteiger partial charge >= 0.3 is 5.97 Å². The predicted octanol–water partition coefficient (Wildman–Crippen LogP) is 3.23. The number of hydrogen-bond acceptors (Lipinski definition) is 8. The molecule has 2 aliphatic heterocycles. The molecule has 0 bridgehead atoms. The van der Waals surface area contributed by atoms with Crippen LogP contribution >= 0.6 is 23.2 Å². The van der Waals surface area contributed by atoms with Crippen molar-refractivity contribution >= 4 is 34.9 Å². The monoisotopic (exact) mass is 565 g/mol. The van der Waals surface area contributed by atoms with Gasteiger partial charge in [-0.05, 0) is 30.5 Å². The van der Waals surface area contributed by atoms with Crippen molar-refractivity contribution in [2.24, 2.45) is 0 Å². The van der Waals surface area contributed by atoms with E-state index in [0.29, 0.717) is 83.2 Å². The number of alkyl halides is 2. The average Bonchev–Trinajstić information content (AvgIpc) is 3.81. The Morgan fingerprint density at radius 1 is 0.838 bits per heavy atom. The van der Waals surface area contributed by atoms with E-state index < -0.39 is 5.97 Å². The first kappa shape index (κ1) is 32.0. The van der Waals surface area contributed by atoms with Crippen molar-refractivity contribution in [3.8, 4) is 0 Å². The SMILES string of the molecule is C(COCCOCC1CO1)OCCOCC1CO1.O=C(O)CCCc1ccc(N(CCCl)CCCl)cc1. The van der Waals surface area contributed by atoms with Gasteiger partial charge in [0, 0.05) is 37.0 Å². The van der Waals surface area contributed by atoms with Gasteiger partial charge in [0.15, 0.2) is 0 Å². The third-order valence-electron chi connectivity index (χ3n) is 5.39. The smallest absolute Gasteiger partial charge is 0.303 e. The van der Waals surface area contributed by atoms with E-state index in [4.69, 9.17) is 56.7 Å². The number of carbonyl (C=O) groups is 1. The highest BCUT2D eigenvalue weighted by molar-refractivity contribution is 6.18. The Morgan fingerprint density at radius 2 is 1.30 bits per heavy atom. The molecule has 0 radical (unpaired) electrons. The Kier molecular flexibility index (Phi) is 18.0. The number of benzene rings is 1. The van der Waals surface area contributed by atoms with Crippen LogP contribution in [0.25, 0.3) is 0 Å². The summed E-state index contributed by atoms with van der Waals surface area (Å²) in [5.74, 6) is 0.390. The summed E-state index contributed by atoms with van der Waals surface area (Å²) in [6, 6.07) is 8.14. The molecular formula is C26H41Cl2NO8. The van der Waals surface area contributed by atoms with E-state index in [2.05, 4.69) is 4.90 Å². The first-order valence-corrected chi connectivity index (χ1v) is 13.9.